The lowest BCUT2D eigenvalue weighted by Gasteiger charge is -2.31. The van der Waals surface area contributed by atoms with Crippen LogP contribution in [0.25, 0.3) is 0 Å². The van der Waals surface area contributed by atoms with Gasteiger partial charge >= 0.3 is 30.9 Å². The summed E-state index contributed by atoms with van der Waals surface area (Å²) in [6.45, 7) is 12.4. The Morgan fingerprint density at radius 3 is 0.949 bits per heavy atom. The van der Waals surface area contributed by atoms with Crippen molar-refractivity contribution in [3.63, 3.8) is 0 Å². The van der Waals surface area contributed by atoms with Gasteiger partial charge in [0, 0.05) is 18.2 Å². The van der Waals surface area contributed by atoms with Gasteiger partial charge in [0.1, 0.15) is 32.8 Å². The third kappa shape index (κ3) is 12.8. The molecule has 5 nitrogen and oxygen atoms in total. The van der Waals surface area contributed by atoms with Crippen molar-refractivity contribution in [2.75, 3.05) is 0 Å². The SMILES string of the molecule is CC(C)(C)Oc1cc(OC(C)(C)C)cc([S+](c2ccccc2)c2ccccc2)c1.O=S(=O)([O-])c1c(C(F)(F)F)c(C(F)(F)F)c(C(F)(F)F)c(C(F)(F)F)c1C(F)(F)F. The van der Waals surface area contributed by atoms with E-state index in [0.29, 0.717) is 0 Å². The van der Waals surface area contributed by atoms with E-state index in [1.807, 2.05) is 6.07 Å². The van der Waals surface area contributed by atoms with Gasteiger partial charge in [0.15, 0.2) is 14.7 Å². The van der Waals surface area contributed by atoms with E-state index in [1.54, 1.807) is 0 Å². The molecule has 59 heavy (non-hydrogen) atoms. The molecule has 326 valence electrons. The van der Waals surface area contributed by atoms with E-state index >= 15 is 0 Å². The summed E-state index contributed by atoms with van der Waals surface area (Å²) in [5.74, 6) is 1.66. The molecular formula is C37H31F15O5S2. The molecule has 0 radical (unpaired) electrons. The van der Waals surface area contributed by atoms with Crippen molar-refractivity contribution < 1.29 is 88.3 Å². The van der Waals surface area contributed by atoms with Crippen molar-refractivity contribution in [1.29, 1.82) is 0 Å². The van der Waals surface area contributed by atoms with Crippen LogP contribution in [-0.4, -0.2) is 24.2 Å². The van der Waals surface area contributed by atoms with Crippen molar-refractivity contribution in [3.8, 4) is 11.5 Å². The Hall–Kier alpha value is -4.31. The number of hydrogen-bond donors (Lipinski definition) is 0. The summed E-state index contributed by atoms with van der Waals surface area (Å²) >= 11 is 0. The zero-order valence-corrected chi connectivity index (χ0v) is 32.7. The molecule has 0 bridgehead atoms. The summed E-state index contributed by atoms with van der Waals surface area (Å²) in [7, 11) is -7.77. The van der Waals surface area contributed by atoms with Crippen LogP contribution in [0.2, 0.25) is 0 Å². The van der Waals surface area contributed by atoms with Gasteiger partial charge in [-0.1, -0.05) is 36.4 Å². The van der Waals surface area contributed by atoms with Crippen molar-refractivity contribution in [3.05, 3.63) is 107 Å². The van der Waals surface area contributed by atoms with Crippen molar-refractivity contribution >= 4 is 21.0 Å². The molecule has 0 fully saturated rings. The zero-order valence-electron chi connectivity index (χ0n) is 31.0. The van der Waals surface area contributed by atoms with Crippen LogP contribution >= 0.6 is 0 Å². The van der Waals surface area contributed by atoms with E-state index < -0.39 is 73.7 Å². The second-order valence-corrected chi connectivity index (χ2v) is 17.5. The third-order valence-electron chi connectivity index (χ3n) is 7.02. The Balaban J connectivity index is 0.000000315. The first-order chi connectivity index (χ1) is 26.3. The van der Waals surface area contributed by atoms with Gasteiger partial charge in [0.25, 0.3) is 0 Å². The van der Waals surface area contributed by atoms with E-state index in [4.69, 9.17) is 9.47 Å². The molecule has 0 saturated carbocycles. The fraction of sp³-hybridized carbons (Fsp3) is 0.351. The normalized spacial score (nSPS) is 13.5. The summed E-state index contributed by atoms with van der Waals surface area (Å²) in [6, 6.07) is 27.6. The molecule has 4 aromatic rings. The minimum atomic E-state index is -7.52. The van der Waals surface area contributed by atoms with Crippen molar-refractivity contribution in [2.45, 2.75) is 103 Å². The van der Waals surface area contributed by atoms with Gasteiger partial charge in [-0.2, -0.15) is 65.9 Å². The van der Waals surface area contributed by atoms with Crippen LogP contribution < -0.4 is 9.47 Å². The number of alkyl halides is 15. The van der Waals surface area contributed by atoms with E-state index in [1.165, 1.54) is 14.7 Å². The molecule has 0 spiro atoms. The monoisotopic (exact) mass is 904 g/mol. The van der Waals surface area contributed by atoms with Gasteiger partial charge in [0.05, 0.1) is 43.6 Å². The van der Waals surface area contributed by atoms with Gasteiger partial charge in [-0.05, 0) is 65.8 Å². The first kappa shape index (κ1) is 49.1. The standard InChI is InChI=1S/C26H31O2S.C11HF15O3S/c1-25(2,3)27-20-17-21(28-26(4,5)6)19-24(18-20)29(22-13-9-7-10-14-22)23-15-11-8-12-16-23;12-7(13,14)1-2(8(15,16)17)4(10(21,22)23)6(30(27,28)29)5(11(24,25)26)3(1)9(18,19)20/h7-19H,1-6H3;(H,27,28,29)/q+1;/p-1. The molecule has 0 aliphatic carbocycles. The van der Waals surface area contributed by atoms with Crippen molar-refractivity contribution in [1.82, 2.24) is 0 Å². The smallest absolute Gasteiger partial charge is 0.418 e. The Labute approximate surface area is 330 Å². The maximum Gasteiger partial charge on any atom is 0.418 e. The van der Waals surface area contributed by atoms with Crippen LogP contribution in [0.3, 0.4) is 0 Å². The third-order valence-corrected chi connectivity index (χ3v) is 10.1. The summed E-state index contributed by atoms with van der Waals surface area (Å²) in [6.07, 6.45) is -35.6. The molecule has 4 rings (SSSR count). The Bertz CT molecular complexity index is 2070. The fourth-order valence-corrected chi connectivity index (χ4v) is 8.46. The Kier molecular flexibility index (Phi) is 13.8. The van der Waals surface area contributed by atoms with E-state index in [0.717, 1.165) is 11.5 Å². The predicted octanol–water partition coefficient (Wildman–Crippen LogP) is 12.8. The van der Waals surface area contributed by atoms with E-state index in [9.17, 15) is 78.8 Å². The minimum absolute atomic E-state index is 0.252. The van der Waals surface area contributed by atoms with Crippen LogP contribution in [0, 0.1) is 0 Å². The highest BCUT2D eigenvalue weighted by Crippen LogP contribution is 2.57. The maximum atomic E-state index is 13.0. The average molecular weight is 905 g/mol. The topological polar surface area (TPSA) is 75.7 Å². The van der Waals surface area contributed by atoms with Crippen LogP contribution in [-0.2, 0) is 51.9 Å². The lowest BCUT2D eigenvalue weighted by molar-refractivity contribution is -0.191. The lowest BCUT2D eigenvalue weighted by Crippen LogP contribution is -2.34. The molecule has 0 aromatic heterocycles. The minimum Gasteiger partial charge on any atom is -0.744 e. The molecule has 4 aromatic carbocycles. The second-order valence-electron chi connectivity index (χ2n) is 14.1. The molecule has 0 heterocycles. The van der Waals surface area contributed by atoms with Crippen LogP contribution in [0.5, 0.6) is 11.5 Å². The molecule has 0 N–H and O–H groups in total. The highest BCUT2D eigenvalue weighted by molar-refractivity contribution is 7.97. The van der Waals surface area contributed by atoms with Gasteiger partial charge in [-0.25, -0.2) is 8.42 Å². The average Bonchev–Trinajstić information content (AvgIpc) is 3.00. The largest absolute Gasteiger partial charge is 0.744 e. The molecule has 0 unspecified atom stereocenters. The number of halogens is 15. The summed E-state index contributed by atoms with van der Waals surface area (Å²) in [4.78, 5) is -0.458. The van der Waals surface area contributed by atoms with E-state index in [-0.39, 0.29) is 22.1 Å². The first-order valence-corrected chi connectivity index (χ1v) is 18.9. The Morgan fingerprint density at radius 2 is 0.712 bits per heavy atom. The van der Waals surface area contributed by atoms with Gasteiger partial charge in [0.2, 0.25) is 0 Å². The molecule has 22 heteroatoms. The summed E-state index contributed by atoms with van der Waals surface area (Å²) in [5.41, 5.74) is -22.7. The van der Waals surface area contributed by atoms with Crippen LogP contribution in [0.4, 0.5) is 65.9 Å². The summed E-state index contributed by atoms with van der Waals surface area (Å²) < 4.78 is 240. The van der Waals surface area contributed by atoms with E-state index in [2.05, 4.69) is 114 Å². The molecule has 0 aliphatic rings. The highest BCUT2D eigenvalue weighted by Gasteiger charge is 2.61. The second kappa shape index (κ2) is 16.6. The Morgan fingerprint density at radius 1 is 0.441 bits per heavy atom. The molecule has 0 saturated heterocycles. The van der Waals surface area contributed by atoms with Crippen LogP contribution in [0.1, 0.15) is 69.4 Å². The summed E-state index contributed by atoms with van der Waals surface area (Å²) in [5, 5.41) is 0. The van der Waals surface area contributed by atoms with Crippen molar-refractivity contribution in [2.24, 2.45) is 0 Å². The van der Waals surface area contributed by atoms with Crippen LogP contribution in [0.15, 0.2) is 98.4 Å². The molecule has 0 aliphatic heterocycles. The van der Waals surface area contributed by atoms with Gasteiger partial charge < -0.3 is 14.0 Å². The van der Waals surface area contributed by atoms with Gasteiger partial charge in [-0.3, -0.25) is 0 Å². The molecule has 0 atom stereocenters. The number of hydrogen-bond acceptors (Lipinski definition) is 5. The molecular weight excluding hydrogens is 874 g/mol. The molecule has 0 amide bonds. The number of benzene rings is 4. The lowest BCUT2D eigenvalue weighted by atomic mass is 9.89. The number of ether oxygens (including phenoxy) is 2. The quantitative estimate of drug-likeness (QED) is 0.109. The maximum absolute atomic E-state index is 13.0. The fourth-order valence-electron chi connectivity index (χ4n) is 5.38. The van der Waals surface area contributed by atoms with Gasteiger partial charge in [-0.15, -0.1) is 0 Å². The zero-order chi connectivity index (χ0) is 45.5. The highest BCUT2D eigenvalue weighted by atomic mass is 32.2. The number of rotatable bonds is 6. The first-order valence-electron chi connectivity index (χ1n) is 16.3. The predicted molar refractivity (Wildman–Crippen MR) is 182 cm³/mol.